The maximum absolute atomic E-state index is 5.50. The second-order valence-corrected chi connectivity index (χ2v) is 4.50. The summed E-state index contributed by atoms with van der Waals surface area (Å²) in [6.07, 6.45) is 3.70. The Kier molecular flexibility index (Phi) is 6.76. The first-order valence-electron chi connectivity index (χ1n) is 5.83. The largest absolute Gasteiger partial charge is 0.466 e. The quantitative estimate of drug-likeness (QED) is 0.744. The zero-order valence-electron chi connectivity index (χ0n) is 9.96. The molecule has 92 valence electrons. The van der Waals surface area contributed by atoms with Gasteiger partial charge >= 0.3 is 0 Å². The molecule has 1 aromatic rings. The van der Waals surface area contributed by atoms with E-state index in [2.05, 4.69) is 35.1 Å². The summed E-state index contributed by atoms with van der Waals surface area (Å²) in [4.78, 5) is 0. The van der Waals surface area contributed by atoms with E-state index in [9.17, 15) is 0 Å². The minimum absolute atomic E-state index is 0.228. The van der Waals surface area contributed by atoms with Gasteiger partial charge in [-0.2, -0.15) is 0 Å². The van der Waals surface area contributed by atoms with Gasteiger partial charge in [0.25, 0.3) is 0 Å². The van der Waals surface area contributed by atoms with Gasteiger partial charge in [0.2, 0.25) is 0 Å². The molecular formula is C12H20BrNO2. The Morgan fingerprint density at radius 1 is 1.44 bits per heavy atom. The lowest BCUT2D eigenvalue weighted by Gasteiger charge is -2.16. The molecule has 16 heavy (non-hydrogen) atoms. The Morgan fingerprint density at radius 2 is 2.25 bits per heavy atom. The first-order chi connectivity index (χ1) is 7.79. The van der Waals surface area contributed by atoms with Crippen LogP contribution in [-0.2, 0) is 4.74 Å². The van der Waals surface area contributed by atoms with Crippen molar-refractivity contribution in [1.82, 2.24) is 5.32 Å². The number of hydrogen-bond donors (Lipinski definition) is 1. The van der Waals surface area contributed by atoms with Crippen LogP contribution in [0.3, 0.4) is 0 Å². The normalized spacial score (nSPS) is 12.9. The second-order valence-electron chi connectivity index (χ2n) is 3.64. The molecule has 0 aliphatic heterocycles. The summed E-state index contributed by atoms with van der Waals surface area (Å²) in [5.41, 5.74) is 0. The van der Waals surface area contributed by atoms with E-state index in [4.69, 9.17) is 9.15 Å². The number of halogens is 1. The smallest absolute Gasteiger partial charge is 0.134 e. The zero-order chi connectivity index (χ0) is 11.8. The minimum atomic E-state index is 0.228. The highest BCUT2D eigenvalue weighted by molar-refractivity contribution is 9.10. The summed E-state index contributed by atoms with van der Waals surface area (Å²) in [6.45, 7) is 6.73. The first-order valence-corrected chi connectivity index (χ1v) is 6.62. The molecule has 0 bridgehead atoms. The van der Waals surface area contributed by atoms with Crippen molar-refractivity contribution in [3.8, 4) is 0 Å². The van der Waals surface area contributed by atoms with Crippen LogP contribution in [0.4, 0.5) is 0 Å². The standard InChI is InChI=1S/C12H20BrNO2/c1-3-7-15-8-6-11(14-4-2)12-10(13)5-9-16-12/h5,9,11,14H,3-4,6-8H2,1-2H3. The van der Waals surface area contributed by atoms with E-state index < -0.39 is 0 Å². The molecule has 0 saturated heterocycles. The fourth-order valence-corrected chi connectivity index (χ4v) is 2.05. The van der Waals surface area contributed by atoms with Crippen molar-refractivity contribution in [1.29, 1.82) is 0 Å². The van der Waals surface area contributed by atoms with E-state index in [0.717, 1.165) is 42.8 Å². The van der Waals surface area contributed by atoms with Crippen LogP contribution >= 0.6 is 15.9 Å². The highest BCUT2D eigenvalue weighted by Gasteiger charge is 2.16. The highest BCUT2D eigenvalue weighted by atomic mass is 79.9. The first kappa shape index (κ1) is 13.7. The lowest BCUT2D eigenvalue weighted by molar-refractivity contribution is 0.122. The maximum Gasteiger partial charge on any atom is 0.134 e. The lowest BCUT2D eigenvalue weighted by atomic mass is 10.1. The molecular weight excluding hydrogens is 270 g/mol. The molecule has 1 atom stereocenters. The summed E-state index contributed by atoms with van der Waals surface area (Å²) in [6, 6.07) is 2.15. The van der Waals surface area contributed by atoms with Crippen molar-refractivity contribution in [2.45, 2.75) is 32.7 Å². The maximum atomic E-state index is 5.50. The third-order valence-electron chi connectivity index (χ3n) is 2.31. The van der Waals surface area contributed by atoms with Crippen LogP contribution in [0.2, 0.25) is 0 Å². The van der Waals surface area contributed by atoms with Crippen molar-refractivity contribution >= 4 is 15.9 Å². The van der Waals surface area contributed by atoms with Crippen molar-refractivity contribution in [3.63, 3.8) is 0 Å². The van der Waals surface area contributed by atoms with Gasteiger partial charge < -0.3 is 14.5 Å². The van der Waals surface area contributed by atoms with Gasteiger partial charge in [0.05, 0.1) is 16.8 Å². The van der Waals surface area contributed by atoms with Crippen molar-refractivity contribution < 1.29 is 9.15 Å². The molecule has 1 aromatic heterocycles. The van der Waals surface area contributed by atoms with E-state index in [1.165, 1.54) is 0 Å². The summed E-state index contributed by atoms with van der Waals surface area (Å²) < 4.78 is 12.0. The van der Waals surface area contributed by atoms with E-state index in [0.29, 0.717) is 0 Å². The van der Waals surface area contributed by atoms with Crippen LogP contribution in [0, 0.1) is 0 Å². The van der Waals surface area contributed by atoms with Crippen LogP contribution in [0.5, 0.6) is 0 Å². The molecule has 0 radical (unpaired) electrons. The Labute approximate surface area is 106 Å². The van der Waals surface area contributed by atoms with Crippen LogP contribution < -0.4 is 5.32 Å². The summed E-state index contributed by atoms with van der Waals surface area (Å²) in [5.74, 6) is 0.960. The van der Waals surface area contributed by atoms with Gasteiger partial charge in [-0.15, -0.1) is 0 Å². The predicted octanol–water partition coefficient (Wildman–Crippen LogP) is 3.51. The third-order valence-corrected chi connectivity index (χ3v) is 2.97. The molecule has 3 nitrogen and oxygen atoms in total. The molecule has 0 amide bonds. The van der Waals surface area contributed by atoms with Crippen LogP contribution in [0.15, 0.2) is 21.2 Å². The molecule has 4 heteroatoms. The fraction of sp³-hybridized carbons (Fsp3) is 0.667. The Hall–Kier alpha value is -0.320. The van der Waals surface area contributed by atoms with E-state index in [1.807, 2.05) is 6.07 Å². The topological polar surface area (TPSA) is 34.4 Å². The highest BCUT2D eigenvalue weighted by Crippen LogP contribution is 2.26. The number of furan rings is 1. The minimum Gasteiger partial charge on any atom is -0.466 e. The average molecular weight is 290 g/mol. The molecule has 1 unspecified atom stereocenters. The van der Waals surface area contributed by atoms with Gasteiger partial charge in [0, 0.05) is 13.2 Å². The zero-order valence-corrected chi connectivity index (χ0v) is 11.5. The van der Waals surface area contributed by atoms with E-state index in [-0.39, 0.29) is 6.04 Å². The van der Waals surface area contributed by atoms with Crippen molar-refractivity contribution in [2.24, 2.45) is 0 Å². The predicted molar refractivity (Wildman–Crippen MR) is 68.6 cm³/mol. The average Bonchev–Trinajstić information content (AvgIpc) is 2.69. The Morgan fingerprint density at radius 3 is 2.81 bits per heavy atom. The number of rotatable bonds is 8. The van der Waals surface area contributed by atoms with Crippen molar-refractivity contribution in [3.05, 3.63) is 22.6 Å². The van der Waals surface area contributed by atoms with Gasteiger partial charge in [-0.05, 0) is 41.4 Å². The molecule has 1 heterocycles. The molecule has 0 saturated carbocycles. The lowest BCUT2D eigenvalue weighted by Crippen LogP contribution is -2.22. The third kappa shape index (κ3) is 4.28. The monoisotopic (exact) mass is 289 g/mol. The molecule has 0 aliphatic carbocycles. The van der Waals surface area contributed by atoms with Gasteiger partial charge in [0.15, 0.2) is 0 Å². The Balaban J connectivity index is 2.45. The molecule has 0 fully saturated rings. The fourth-order valence-electron chi connectivity index (χ4n) is 1.57. The summed E-state index contributed by atoms with van der Waals surface area (Å²) in [7, 11) is 0. The van der Waals surface area contributed by atoms with Gasteiger partial charge in [-0.1, -0.05) is 13.8 Å². The second kappa shape index (κ2) is 7.87. The van der Waals surface area contributed by atoms with Crippen LogP contribution in [0.1, 0.15) is 38.5 Å². The van der Waals surface area contributed by atoms with E-state index in [1.54, 1.807) is 6.26 Å². The van der Waals surface area contributed by atoms with E-state index >= 15 is 0 Å². The molecule has 0 aliphatic rings. The molecule has 0 aromatic carbocycles. The number of ether oxygens (including phenoxy) is 1. The molecule has 1 N–H and O–H groups in total. The van der Waals surface area contributed by atoms with Crippen molar-refractivity contribution in [2.75, 3.05) is 19.8 Å². The summed E-state index contributed by atoms with van der Waals surface area (Å²) in [5, 5.41) is 3.40. The number of hydrogen-bond acceptors (Lipinski definition) is 3. The summed E-state index contributed by atoms with van der Waals surface area (Å²) >= 11 is 3.48. The Bertz CT molecular complexity index is 288. The van der Waals surface area contributed by atoms with Gasteiger partial charge in [-0.3, -0.25) is 0 Å². The molecule has 1 rings (SSSR count). The SMILES string of the molecule is CCCOCCC(NCC)c1occc1Br. The van der Waals surface area contributed by atoms with Crippen LogP contribution in [0.25, 0.3) is 0 Å². The van der Waals surface area contributed by atoms with Crippen LogP contribution in [-0.4, -0.2) is 19.8 Å². The van der Waals surface area contributed by atoms with Gasteiger partial charge in [0.1, 0.15) is 5.76 Å². The molecule has 0 spiro atoms. The van der Waals surface area contributed by atoms with Gasteiger partial charge in [-0.25, -0.2) is 0 Å². The number of nitrogens with one attached hydrogen (secondary N) is 1.